The highest BCUT2D eigenvalue weighted by Gasteiger charge is 2.34. The molecule has 1 aliphatic rings. The Morgan fingerprint density at radius 2 is 1.86 bits per heavy atom. The second-order valence-electron chi connectivity index (χ2n) is 7.22. The summed E-state index contributed by atoms with van der Waals surface area (Å²) in [5, 5.41) is 0.660. The summed E-state index contributed by atoms with van der Waals surface area (Å²) in [6, 6.07) is 21.4. The van der Waals surface area contributed by atoms with Crippen LogP contribution in [0, 0.1) is 6.92 Å². The van der Waals surface area contributed by atoms with E-state index < -0.39 is 0 Å². The normalized spacial score (nSPS) is 15.7. The third-order valence-corrected chi connectivity index (χ3v) is 6.48. The largest absolute Gasteiger partial charge is 0.444 e. The molecule has 0 N–H and O–H groups in total. The molecular weight excluding hydrogens is 450 g/mol. The molecule has 0 saturated heterocycles. The molecule has 0 radical (unpaired) electrons. The summed E-state index contributed by atoms with van der Waals surface area (Å²) < 4.78 is 6.68. The summed E-state index contributed by atoms with van der Waals surface area (Å²) in [4.78, 5) is 15.0. The average molecular weight is 471 g/mol. The van der Waals surface area contributed by atoms with E-state index in [1.165, 1.54) is 0 Å². The highest BCUT2D eigenvalue weighted by Crippen LogP contribution is 2.43. The molecule has 29 heavy (non-hydrogen) atoms. The number of amides is 1. The number of benzene rings is 3. The molecule has 1 unspecified atom stereocenters. The van der Waals surface area contributed by atoms with Gasteiger partial charge in [0.1, 0.15) is 6.61 Å². The lowest BCUT2D eigenvalue weighted by molar-refractivity contribution is 0.143. The summed E-state index contributed by atoms with van der Waals surface area (Å²) in [7, 11) is 0. The molecule has 1 heterocycles. The van der Waals surface area contributed by atoms with Gasteiger partial charge in [-0.25, -0.2) is 4.79 Å². The molecule has 1 atom stereocenters. The smallest absolute Gasteiger partial charge is 0.415 e. The average Bonchev–Trinajstić information content (AvgIpc) is 2.73. The summed E-state index contributed by atoms with van der Waals surface area (Å²) in [5.41, 5.74) is 5.06. The Labute approximate surface area is 184 Å². The molecule has 0 aliphatic carbocycles. The number of carbonyl (C=O) groups excluding carboxylic acids is 1. The first-order valence-corrected chi connectivity index (χ1v) is 10.7. The zero-order valence-corrected chi connectivity index (χ0v) is 18.4. The molecule has 3 aromatic carbocycles. The zero-order chi connectivity index (χ0) is 20.4. The van der Waals surface area contributed by atoms with Crippen molar-refractivity contribution in [3.05, 3.63) is 98.5 Å². The molecule has 0 fully saturated rings. The van der Waals surface area contributed by atoms with E-state index in [9.17, 15) is 4.79 Å². The Morgan fingerprint density at radius 1 is 1.14 bits per heavy atom. The van der Waals surface area contributed by atoms with Crippen molar-refractivity contribution in [3.8, 4) is 0 Å². The van der Waals surface area contributed by atoms with Crippen molar-refractivity contribution < 1.29 is 9.53 Å². The molecular formula is C24H21BrClNO2. The quantitative estimate of drug-likeness (QED) is 0.404. The lowest BCUT2D eigenvalue weighted by Gasteiger charge is -2.37. The number of anilines is 1. The Hall–Kier alpha value is -2.30. The molecule has 0 spiro atoms. The number of hydrogen-bond donors (Lipinski definition) is 0. The van der Waals surface area contributed by atoms with Crippen LogP contribution in [0.3, 0.4) is 0 Å². The maximum atomic E-state index is 13.3. The first-order chi connectivity index (χ1) is 14.0. The predicted octanol–water partition coefficient (Wildman–Crippen LogP) is 7.24. The van der Waals surface area contributed by atoms with E-state index in [1.54, 1.807) is 4.90 Å². The van der Waals surface area contributed by atoms with Crippen molar-refractivity contribution in [2.75, 3.05) is 4.90 Å². The molecule has 1 amide bonds. The first-order valence-electron chi connectivity index (χ1n) is 9.58. The number of aryl methyl sites for hydroxylation is 2. The molecule has 0 saturated carbocycles. The van der Waals surface area contributed by atoms with Crippen molar-refractivity contribution in [3.63, 3.8) is 0 Å². The number of carbonyl (C=O) groups is 1. The van der Waals surface area contributed by atoms with Gasteiger partial charge in [0.2, 0.25) is 0 Å². The van der Waals surface area contributed by atoms with Crippen LogP contribution in [0.4, 0.5) is 10.5 Å². The summed E-state index contributed by atoms with van der Waals surface area (Å²) in [6.45, 7) is 2.29. The molecule has 5 heteroatoms. The van der Waals surface area contributed by atoms with Crippen LogP contribution in [0.5, 0.6) is 0 Å². The molecule has 3 nitrogen and oxygen atoms in total. The van der Waals surface area contributed by atoms with Crippen LogP contribution in [0.25, 0.3) is 0 Å². The Bertz CT molecular complexity index is 1040. The van der Waals surface area contributed by atoms with Gasteiger partial charge in [-0.2, -0.15) is 0 Å². The minimum absolute atomic E-state index is 0.172. The minimum Gasteiger partial charge on any atom is -0.444 e. The number of halogens is 2. The number of ether oxygens (including phenoxy) is 1. The van der Waals surface area contributed by atoms with E-state index in [2.05, 4.69) is 28.9 Å². The Balaban J connectivity index is 1.71. The van der Waals surface area contributed by atoms with Gasteiger partial charge in [-0.1, -0.05) is 82.1 Å². The molecule has 4 rings (SSSR count). The summed E-state index contributed by atoms with van der Waals surface area (Å²) >= 11 is 10.1. The summed E-state index contributed by atoms with van der Waals surface area (Å²) in [5.74, 6) is 0. The maximum absolute atomic E-state index is 13.3. The van der Waals surface area contributed by atoms with Gasteiger partial charge in [0.05, 0.1) is 11.7 Å². The number of hydrogen-bond acceptors (Lipinski definition) is 2. The van der Waals surface area contributed by atoms with Crippen LogP contribution in [-0.2, 0) is 17.8 Å². The van der Waals surface area contributed by atoms with E-state index in [4.69, 9.17) is 16.3 Å². The van der Waals surface area contributed by atoms with Crippen molar-refractivity contribution in [1.82, 2.24) is 0 Å². The molecule has 3 aromatic rings. The highest BCUT2D eigenvalue weighted by molar-refractivity contribution is 9.10. The molecule has 0 aromatic heterocycles. The monoisotopic (exact) mass is 469 g/mol. The second-order valence-corrected chi connectivity index (χ2v) is 8.48. The third-order valence-electron chi connectivity index (χ3n) is 5.28. The number of fused-ring (bicyclic) bond motifs is 1. The van der Waals surface area contributed by atoms with Crippen molar-refractivity contribution in [1.29, 1.82) is 0 Å². The van der Waals surface area contributed by atoms with Crippen molar-refractivity contribution >= 4 is 39.3 Å². The third kappa shape index (κ3) is 4.19. The van der Waals surface area contributed by atoms with Crippen LogP contribution in [0.15, 0.2) is 71.2 Å². The zero-order valence-electron chi connectivity index (χ0n) is 16.1. The van der Waals surface area contributed by atoms with Crippen molar-refractivity contribution in [2.45, 2.75) is 32.4 Å². The van der Waals surface area contributed by atoms with E-state index in [0.29, 0.717) is 5.02 Å². The molecule has 1 aliphatic heterocycles. The van der Waals surface area contributed by atoms with Gasteiger partial charge in [0.15, 0.2) is 0 Å². The first kappa shape index (κ1) is 20.0. The van der Waals surface area contributed by atoms with E-state index in [1.807, 2.05) is 60.7 Å². The molecule has 148 valence electrons. The fraction of sp³-hybridized carbons (Fsp3) is 0.208. The Morgan fingerprint density at radius 3 is 2.62 bits per heavy atom. The predicted molar refractivity (Wildman–Crippen MR) is 120 cm³/mol. The highest BCUT2D eigenvalue weighted by atomic mass is 79.9. The van der Waals surface area contributed by atoms with Crippen LogP contribution < -0.4 is 4.90 Å². The lowest BCUT2D eigenvalue weighted by atomic mass is 9.90. The van der Waals surface area contributed by atoms with Crippen molar-refractivity contribution in [2.24, 2.45) is 0 Å². The fourth-order valence-corrected chi connectivity index (χ4v) is 4.39. The van der Waals surface area contributed by atoms with Gasteiger partial charge in [-0.3, -0.25) is 4.90 Å². The van der Waals surface area contributed by atoms with Gasteiger partial charge in [0.25, 0.3) is 0 Å². The van der Waals surface area contributed by atoms with Crippen LogP contribution in [0.1, 0.15) is 34.7 Å². The molecule has 0 bridgehead atoms. The minimum atomic E-state index is -0.365. The fourth-order valence-electron chi connectivity index (χ4n) is 3.80. The van der Waals surface area contributed by atoms with Crippen LogP contribution in [0.2, 0.25) is 5.02 Å². The topological polar surface area (TPSA) is 29.5 Å². The van der Waals surface area contributed by atoms with E-state index in [0.717, 1.165) is 45.3 Å². The summed E-state index contributed by atoms with van der Waals surface area (Å²) in [6.07, 6.45) is 1.30. The van der Waals surface area contributed by atoms with Crippen LogP contribution in [-0.4, -0.2) is 6.09 Å². The van der Waals surface area contributed by atoms with E-state index >= 15 is 0 Å². The van der Waals surface area contributed by atoms with Gasteiger partial charge < -0.3 is 4.74 Å². The number of rotatable bonds is 3. The second kappa shape index (κ2) is 8.60. The lowest BCUT2D eigenvalue weighted by Crippen LogP contribution is -2.39. The van der Waals surface area contributed by atoms with Gasteiger partial charge >= 0.3 is 6.09 Å². The van der Waals surface area contributed by atoms with Gasteiger partial charge in [0, 0.05) is 9.50 Å². The van der Waals surface area contributed by atoms with Gasteiger partial charge in [-0.15, -0.1) is 0 Å². The van der Waals surface area contributed by atoms with Gasteiger partial charge in [-0.05, 0) is 54.2 Å². The van der Waals surface area contributed by atoms with Crippen LogP contribution >= 0.6 is 27.5 Å². The SMILES string of the molecule is Cc1cc2c(cc1Br)N(C(=O)OCc1ccccc1)C(c1ccccc1Cl)CC2. The number of nitrogens with zero attached hydrogens (tertiary/aromatic N) is 1. The Kier molecular flexibility index (Phi) is 5.93. The van der Waals surface area contributed by atoms with E-state index in [-0.39, 0.29) is 18.7 Å². The maximum Gasteiger partial charge on any atom is 0.415 e. The standard InChI is InChI=1S/C24H21BrClNO2/c1-16-13-18-11-12-22(19-9-5-6-10-21(19)26)27(23(18)14-20(16)25)24(28)29-15-17-7-3-2-4-8-17/h2-10,13-14,22H,11-12,15H2,1H3.